The summed E-state index contributed by atoms with van der Waals surface area (Å²) in [6.07, 6.45) is 0.113. The Bertz CT molecular complexity index is 276. The molecule has 0 radical (unpaired) electrons. The van der Waals surface area contributed by atoms with E-state index in [1.165, 1.54) is 0 Å². The Morgan fingerprint density at radius 3 is 2.79 bits per heavy atom. The van der Waals surface area contributed by atoms with Gasteiger partial charge in [0, 0.05) is 38.1 Å². The average Bonchev–Trinajstić information content (AvgIpc) is 2.35. The van der Waals surface area contributed by atoms with E-state index in [-0.39, 0.29) is 17.4 Å². The van der Waals surface area contributed by atoms with Crippen LogP contribution in [0.25, 0.3) is 0 Å². The molecule has 5 heteroatoms. The molecule has 19 heavy (non-hydrogen) atoms. The maximum Gasteiger partial charge on any atom is 0.225 e. The molecule has 1 aliphatic heterocycles. The maximum absolute atomic E-state index is 11.8. The van der Waals surface area contributed by atoms with E-state index in [9.17, 15) is 4.79 Å². The second kappa shape index (κ2) is 7.82. The first kappa shape index (κ1) is 16.4. The van der Waals surface area contributed by atoms with Crippen LogP contribution in [-0.4, -0.2) is 62.8 Å². The van der Waals surface area contributed by atoms with Gasteiger partial charge in [0.05, 0.1) is 12.7 Å². The Kier molecular flexibility index (Phi) is 6.75. The van der Waals surface area contributed by atoms with Crippen molar-refractivity contribution in [3.63, 3.8) is 0 Å². The van der Waals surface area contributed by atoms with E-state index < -0.39 is 0 Å². The maximum atomic E-state index is 11.8. The third kappa shape index (κ3) is 6.36. The van der Waals surface area contributed by atoms with Crippen LogP contribution in [0.2, 0.25) is 0 Å². The number of amides is 1. The molecule has 112 valence electrons. The van der Waals surface area contributed by atoms with Crippen molar-refractivity contribution in [1.29, 1.82) is 0 Å². The van der Waals surface area contributed by atoms with Gasteiger partial charge in [0.2, 0.25) is 5.91 Å². The minimum atomic E-state index is -0.334. The first-order valence-electron chi connectivity index (χ1n) is 7.26. The van der Waals surface area contributed by atoms with Gasteiger partial charge in [-0.15, -0.1) is 0 Å². The van der Waals surface area contributed by atoms with Crippen molar-refractivity contribution in [2.24, 2.45) is 5.41 Å². The highest BCUT2D eigenvalue weighted by atomic mass is 16.5. The number of carbonyl (C=O) groups excluding carboxylic acids is 1. The van der Waals surface area contributed by atoms with Crippen LogP contribution < -0.4 is 10.6 Å². The SMILES string of the molecule is CCNCCN1CCOC(CNC(=O)C(C)(C)C)C1. The molecule has 2 N–H and O–H groups in total. The van der Waals surface area contributed by atoms with Crippen LogP contribution in [0.3, 0.4) is 0 Å². The molecular weight excluding hydrogens is 242 g/mol. The molecule has 0 spiro atoms. The first-order chi connectivity index (χ1) is 8.93. The smallest absolute Gasteiger partial charge is 0.225 e. The Labute approximate surface area is 117 Å². The molecule has 0 saturated carbocycles. The van der Waals surface area contributed by atoms with Crippen molar-refractivity contribution < 1.29 is 9.53 Å². The van der Waals surface area contributed by atoms with Crippen molar-refractivity contribution in [3.05, 3.63) is 0 Å². The van der Waals surface area contributed by atoms with Crippen LogP contribution in [0.5, 0.6) is 0 Å². The number of ether oxygens (including phenoxy) is 1. The zero-order chi connectivity index (χ0) is 14.3. The quantitative estimate of drug-likeness (QED) is 0.689. The molecular formula is C14H29N3O2. The summed E-state index contributed by atoms with van der Waals surface area (Å²) in [5, 5.41) is 6.30. The Morgan fingerprint density at radius 1 is 1.42 bits per heavy atom. The van der Waals surface area contributed by atoms with Gasteiger partial charge in [0.15, 0.2) is 0 Å². The van der Waals surface area contributed by atoms with Gasteiger partial charge in [0.1, 0.15) is 0 Å². The molecule has 0 bridgehead atoms. The highest BCUT2D eigenvalue weighted by Gasteiger charge is 2.24. The third-order valence-corrected chi connectivity index (χ3v) is 3.25. The normalized spacial score (nSPS) is 21.4. The van der Waals surface area contributed by atoms with Crippen molar-refractivity contribution in [1.82, 2.24) is 15.5 Å². The van der Waals surface area contributed by atoms with Gasteiger partial charge >= 0.3 is 0 Å². The fourth-order valence-corrected chi connectivity index (χ4v) is 1.99. The van der Waals surface area contributed by atoms with Gasteiger partial charge in [-0.25, -0.2) is 0 Å². The minimum Gasteiger partial charge on any atom is -0.374 e. The standard InChI is InChI=1S/C14H29N3O2/c1-5-15-6-7-17-8-9-19-12(11-17)10-16-13(18)14(2,3)4/h12,15H,5-11H2,1-4H3,(H,16,18). The van der Waals surface area contributed by atoms with E-state index >= 15 is 0 Å². The van der Waals surface area contributed by atoms with E-state index in [1.54, 1.807) is 0 Å². The van der Waals surface area contributed by atoms with Crippen molar-refractivity contribution in [2.75, 3.05) is 45.9 Å². The van der Waals surface area contributed by atoms with Gasteiger partial charge in [-0.1, -0.05) is 27.7 Å². The molecule has 0 aromatic carbocycles. The lowest BCUT2D eigenvalue weighted by Crippen LogP contribution is -2.50. The summed E-state index contributed by atoms with van der Waals surface area (Å²) in [6.45, 7) is 14.2. The highest BCUT2D eigenvalue weighted by molar-refractivity contribution is 5.81. The average molecular weight is 271 g/mol. The predicted octanol–water partition coefficient (Wildman–Crippen LogP) is 0.459. The Morgan fingerprint density at radius 2 is 2.16 bits per heavy atom. The topological polar surface area (TPSA) is 53.6 Å². The van der Waals surface area contributed by atoms with E-state index in [0.717, 1.165) is 39.3 Å². The number of likely N-dealkylation sites (N-methyl/N-ethyl adjacent to an activating group) is 1. The van der Waals surface area contributed by atoms with Gasteiger partial charge in [-0.05, 0) is 6.54 Å². The molecule has 1 heterocycles. The zero-order valence-corrected chi connectivity index (χ0v) is 12.8. The van der Waals surface area contributed by atoms with E-state index in [2.05, 4.69) is 22.5 Å². The molecule has 1 atom stereocenters. The summed E-state index contributed by atoms with van der Waals surface area (Å²) in [4.78, 5) is 14.2. The lowest BCUT2D eigenvalue weighted by Gasteiger charge is -2.33. The summed E-state index contributed by atoms with van der Waals surface area (Å²) >= 11 is 0. The van der Waals surface area contributed by atoms with Crippen LogP contribution in [0.15, 0.2) is 0 Å². The summed E-state index contributed by atoms with van der Waals surface area (Å²) in [5.74, 6) is 0.0841. The fraction of sp³-hybridized carbons (Fsp3) is 0.929. The van der Waals surface area contributed by atoms with Gasteiger partial charge in [0.25, 0.3) is 0 Å². The molecule has 1 rings (SSSR count). The van der Waals surface area contributed by atoms with Crippen LogP contribution in [0.4, 0.5) is 0 Å². The third-order valence-electron chi connectivity index (χ3n) is 3.25. The number of hydrogen-bond donors (Lipinski definition) is 2. The van der Waals surface area contributed by atoms with Crippen LogP contribution in [0.1, 0.15) is 27.7 Å². The summed E-state index contributed by atoms with van der Waals surface area (Å²) in [7, 11) is 0. The fourth-order valence-electron chi connectivity index (χ4n) is 1.99. The van der Waals surface area contributed by atoms with Crippen LogP contribution in [-0.2, 0) is 9.53 Å². The Hall–Kier alpha value is -0.650. The molecule has 1 fully saturated rings. The number of nitrogens with one attached hydrogen (secondary N) is 2. The predicted molar refractivity (Wildman–Crippen MR) is 77.2 cm³/mol. The summed E-state index contributed by atoms with van der Waals surface area (Å²) < 4.78 is 5.70. The lowest BCUT2D eigenvalue weighted by atomic mass is 9.95. The van der Waals surface area contributed by atoms with Crippen molar-refractivity contribution in [3.8, 4) is 0 Å². The largest absolute Gasteiger partial charge is 0.374 e. The molecule has 5 nitrogen and oxygen atoms in total. The number of hydrogen-bond acceptors (Lipinski definition) is 4. The van der Waals surface area contributed by atoms with E-state index in [0.29, 0.717) is 6.54 Å². The number of rotatable bonds is 6. The summed E-state index contributed by atoms with van der Waals surface area (Å²) in [6, 6.07) is 0. The van der Waals surface area contributed by atoms with E-state index in [1.807, 2.05) is 20.8 Å². The van der Waals surface area contributed by atoms with Crippen molar-refractivity contribution in [2.45, 2.75) is 33.8 Å². The second-order valence-corrected chi connectivity index (χ2v) is 6.11. The minimum absolute atomic E-state index is 0.0841. The molecule has 1 unspecified atom stereocenters. The van der Waals surface area contributed by atoms with Crippen molar-refractivity contribution >= 4 is 5.91 Å². The molecule has 0 aliphatic carbocycles. The Balaban J connectivity index is 2.25. The molecule has 1 amide bonds. The van der Waals surface area contributed by atoms with Crippen LogP contribution >= 0.6 is 0 Å². The van der Waals surface area contributed by atoms with Crippen LogP contribution in [0, 0.1) is 5.41 Å². The summed E-state index contributed by atoms with van der Waals surface area (Å²) in [5.41, 5.74) is -0.334. The van der Waals surface area contributed by atoms with Gasteiger partial charge in [-0.3, -0.25) is 9.69 Å². The van der Waals surface area contributed by atoms with Gasteiger partial charge < -0.3 is 15.4 Å². The molecule has 1 aliphatic rings. The van der Waals surface area contributed by atoms with Gasteiger partial charge in [-0.2, -0.15) is 0 Å². The van der Waals surface area contributed by atoms with E-state index in [4.69, 9.17) is 4.74 Å². The first-order valence-corrected chi connectivity index (χ1v) is 7.26. The molecule has 0 aromatic rings. The number of carbonyl (C=O) groups is 1. The molecule has 0 aromatic heterocycles. The second-order valence-electron chi connectivity index (χ2n) is 6.11. The highest BCUT2D eigenvalue weighted by Crippen LogP contribution is 2.12. The lowest BCUT2D eigenvalue weighted by molar-refractivity contribution is -0.129. The number of morpholine rings is 1. The monoisotopic (exact) mass is 271 g/mol. The molecule has 1 saturated heterocycles. The number of nitrogens with zero attached hydrogens (tertiary/aromatic N) is 1. The zero-order valence-electron chi connectivity index (χ0n) is 12.8.